The minimum Gasteiger partial charge on any atom is -0.456 e. The van der Waals surface area contributed by atoms with Crippen LogP contribution in [0.15, 0.2) is 34.1 Å². The van der Waals surface area contributed by atoms with Crippen molar-refractivity contribution in [1.82, 2.24) is 14.7 Å². The first-order valence-corrected chi connectivity index (χ1v) is 7.91. The predicted molar refractivity (Wildman–Crippen MR) is 74.1 cm³/mol. The van der Waals surface area contributed by atoms with Crippen LogP contribution >= 0.6 is 0 Å². The van der Waals surface area contributed by atoms with Crippen molar-refractivity contribution in [3.63, 3.8) is 0 Å². The van der Waals surface area contributed by atoms with E-state index < -0.39 is 15.9 Å². The van der Waals surface area contributed by atoms with E-state index >= 15 is 0 Å². The Hall–Kier alpha value is -2.22. The van der Waals surface area contributed by atoms with Crippen molar-refractivity contribution in [2.75, 3.05) is 0 Å². The Bertz CT molecular complexity index is 717. The zero-order valence-electron chi connectivity index (χ0n) is 11.7. The van der Waals surface area contributed by atoms with Gasteiger partial charge in [-0.25, -0.2) is 9.71 Å². The van der Waals surface area contributed by atoms with Gasteiger partial charge in [0.05, 0.1) is 6.20 Å². The standard InChI is InChI=1S/C13H15N3O4S/c1-3-9-7-11(20-10(9)4-2)13(17)16-21(18,19)12-8-14-5-6-15-12/h5-8H,3-4H2,1-2H3,(H,16,17). The van der Waals surface area contributed by atoms with Crippen molar-refractivity contribution in [2.45, 2.75) is 31.7 Å². The average molecular weight is 309 g/mol. The number of aromatic nitrogens is 2. The number of amides is 1. The number of hydrogen-bond donors (Lipinski definition) is 1. The van der Waals surface area contributed by atoms with Crippen LogP contribution in [-0.2, 0) is 22.9 Å². The molecule has 0 unspecified atom stereocenters. The van der Waals surface area contributed by atoms with E-state index in [0.29, 0.717) is 18.6 Å². The molecule has 0 aromatic carbocycles. The lowest BCUT2D eigenvalue weighted by molar-refractivity contribution is 0.0952. The largest absolute Gasteiger partial charge is 0.456 e. The molecule has 0 bridgehead atoms. The van der Waals surface area contributed by atoms with Gasteiger partial charge in [-0.05, 0) is 18.1 Å². The number of hydrogen-bond acceptors (Lipinski definition) is 6. The van der Waals surface area contributed by atoms with Crippen molar-refractivity contribution < 1.29 is 17.6 Å². The minimum atomic E-state index is -4.06. The third kappa shape index (κ3) is 3.27. The highest BCUT2D eigenvalue weighted by atomic mass is 32.2. The lowest BCUT2D eigenvalue weighted by Crippen LogP contribution is -2.31. The molecule has 0 radical (unpaired) electrons. The summed E-state index contributed by atoms with van der Waals surface area (Å²) in [6.45, 7) is 3.83. The molecular weight excluding hydrogens is 294 g/mol. The van der Waals surface area contributed by atoms with E-state index in [4.69, 9.17) is 4.42 Å². The molecule has 0 saturated heterocycles. The van der Waals surface area contributed by atoms with Gasteiger partial charge in [0.15, 0.2) is 10.8 Å². The number of furan rings is 1. The fourth-order valence-corrected chi connectivity index (χ4v) is 2.67. The van der Waals surface area contributed by atoms with Crippen molar-refractivity contribution in [3.05, 3.63) is 41.7 Å². The summed E-state index contributed by atoms with van der Waals surface area (Å²) in [5, 5.41) is -0.323. The number of nitrogens with zero attached hydrogens (tertiary/aromatic N) is 2. The van der Waals surface area contributed by atoms with Crippen LogP contribution in [0.25, 0.3) is 0 Å². The van der Waals surface area contributed by atoms with Crippen LogP contribution in [0.2, 0.25) is 0 Å². The highest BCUT2D eigenvalue weighted by Gasteiger charge is 2.23. The monoisotopic (exact) mass is 309 g/mol. The molecule has 0 aliphatic rings. The molecule has 0 aliphatic carbocycles. The number of aryl methyl sites for hydroxylation is 2. The van der Waals surface area contributed by atoms with Crippen molar-refractivity contribution >= 4 is 15.9 Å². The molecule has 0 atom stereocenters. The van der Waals surface area contributed by atoms with Gasteiger partial charge in [-0.3, -0.25) is 9.78 Å². The summed E-state index contributed by atoms with van der Waals surface area (Å²) < 4.78 is 31.2. The molecule has 0 saturated carbocycles. The molecule has 21 heavy (non-hydrogen) atoms. The molecule has 0 fully saturated rings. The Morgan fingerprint density at radius 1 is 1.29 bits per heavy atom. The second-order valence-electron chi connectivity index (χ2n) is 4.24. The van der Waals surface area contributed by atoms with Crippen LogP contribution in [0.3, 0.4) is 0 Å². The lowest BCUT2D eigenvalue weighted by Gasteiger charge is -2.03. The van der Waals surface area contributed by atoms with E-state index in [1.54, 1.807) is 6.07 Å². The van der Waals surface area contributed by atoms with Crippen LogP contribution < -0.4 is 4.72 Å². The quantitative estimate of drug-likeness (QED) is 0.893. The third-order valence-corrected chi connectivity index (χ3v) is 4.08. The molecule has 8 heteroatoms. The van der Waals surface area contributed by atoms with Gasteiger partial charge < -0.3 is 4.42 Å². The Labute approximate surface area is 122 Å². The Balaban J connectivity index is 2.24. The topological polar surface area (TPSA) is 102 Å². The molecular formula is C13H15N3O4S. The second kappa shape index (κ2) is 6.04. The molecule has 0 aliphatic heterocycles. The van der Waals surface area contributed by atoms with Crippen molar-refractivity contribution in [3.8, 4) is 0 Å². The van der Waals surface area contributed by atoms with Crippen LogP contribution in [0.5, 0.6) is 0 Å². The summed E-state index contributed by atoms with van der Waals surface area (Å²) in [4.78, 5) is 19.3. The number of carbonyl (C=O) groups is 1. The van der Waals surface area contributed by atoms with Crippen LogP contribution in [0.4, 0.5) is 0 Å². The zero-order valence-corrected chi connectivity index (χ0v) is 12.5. The first-order valence-electron chi connectivity index (χ1n) is 6.42. The average Bonchev–Trinajstić information content (AvgIpc) is 2.91. The Kier molecular flexibility index (Phi) is 4.37. The first kappa shape index (κ1) is 15.2. The molecule has 2 heterocycles. The first-order chi connectivity index (χ1) is 9.97. The van der Waals surface area contributed by atoms with Crippen LogP contribution in [0, 0.1) is 0 Å². The Morgan fingerprint density at radius 2 is 2.05 bits per heavy atom. The van der Waals surface area contributed by atoms with Gasteiger partial charge in [-0.1, -0.05) is 13.8 Å². The maximum Gasteiger partial charge on any atom is 0.300 e. The van der Waals surface area contributed by atoms with Crippen molar-refractivity contribution in [1.29, 1.82) is 0 Å². The van der Waals surface area contributed by atoms with Crippen molar-refractivity contribution in [2.24, 2.45) is 0 Å². The molecule has 112 valence electrons. The summed E-state index contributed by atoms with van der Waals surface area (Å²) in [6.07, 6.45) is 4.97. The van der Waals surface area contributed by atoms with E-state index in [2.05, 4.69) is 9.97 Å². The Morgan fingerprint density at radius 3 is 2.57 bits per heavy atom. The summed E-state index contributed by atoms with van der Waals surface area (Å²) in [7, 11) is -4.06. The molecule has 2 aromatic rings. The minimum absolute atomic E-state index is 0.0313. The van der Waals surface area contributed by atoms with Crippen LogP contribution in [-0.4, -0.2) is 24.3 Å². The van der Waals surface area contributed by atoms with Gasteiger partial charge in [-0.15, -0.1) is 0 Å². The summed E-state index contributed by atoms with van der Waals surface area (Å²) in [5.41, 5.74) is 0.888. The molecule has 0 spiro atoms. The molecule has 2 rings (SSSR count). The molecule has 7 nitrogen and oxygen atoms in total. The fraction of sp³-hybridized carbons (Fsp3) is 0.308. The SMILES string of the molecule is CCc1cc(C(=O)NS(=O)(=O)c2cnccn2)oc1CC. The maximum atomic E-state index is 12.0. The number of nitrogens with one attached hydrogen (secondary N) is 1. The van der Waals surface area contributed by atoms with E-state index in [0.717, 1.165) is 11.8 Å². The number of carbonyl (C=O) groups excluding carboxylic acids is 1. The van der Waals surface area contributed by atoms with Gasteiger partial charge in [0, 0.05) is 18.8 Å². The smallest absolute Gasteiger partial charge is 0.300 e. The highest BCUT2D eigenvalue weighted by molar-refractivity contribution is 7.90. The molecule has 1 amide bonds. The molecule has 2 aromatic heterocycles. The van der Waals surface area contributed by atoms with E-state index in [1.807, 2.05) is 18.6 Å². The summed E-state index contributed by atoms with van der Waals surface area (Å²) in [6, 6.07) is 1.56. The fourth-order valence-electron chi connectivity index (χ4n) is 1.83. The van der Waals surface area contributed by atoms with Gasteiger partial charge in [0.2, 0.25) is 0 Å². The predicted octanol–water partition coefficient (Wildman–Crippen LogP) is 1.31. The maximum absolute atomic E-state index is 12.0. The summed E-state index contributed by atoms with van der Waals surface area (Å²) >= 11 is 0. The number of sulfonamides is 1. The normalized spacial score (nSPS) is 11.3. The van der Waals surface area contributed by atoms with E-state index in [1.165, 1.54) is 12.4 Å². The second-order valence-corrected chi connectivity index (χ2v) is 5.87. The molecule has 1 N–H and O–H groups in total. The van der Waals surface area contributed by atoms with Gasteiger partial charge in [0.1, 0.15) is 5.76 Å². The lowest BCUT2D eigenvalue weighted by atomic mass is 10.1. The van der Waals surface area contributed by atoms with Gasteiger partial charge in [0.25, 0.3) is 10.0 Å². The third-order valence-electron chi connectivity index (χ3n) is 2.86. The van der Waals surface area contributed by atoms with Gasteiger partial charge >= 0.3 is 5.91 Å². The van der Waals surface area contributed by atoms with E-state index in [-0.39, 0.29) is 10.8 Å². The van der Waals surface area contributed by atoms with Crippen LogP contribution in [0.1, 0.15) is 35.7 Å². The zero-order chi connectivity index (χ0) is 15.5. The van der Waals surface area contributed by atoms with E-state index in [9.17, 15) is 13.2 Å². The summed E-state index contributed by atoms with van der Waals surface area (Å²) in [5.74, 6) is -0.175. The highest BCUT2D eigenvalue weighted by Crippen LogP contribution is 2.17. The number of rotatable bonds is 5. The van der Waals surface area contributed by atoms with Gasteiger partial charge in [-0.2, -0.15) is 8.42 Å².